The smallest absolute Gasteiger partial charge is 0.302 e. The molecule has 1 aromatic heterocycles. The number of nitrogens with zero attached hydrogens (tertiary/aromatic N) is 2. The molecule has 1 aliphatic rings. The van der Waals surface area contributed by atoms with E-state index in [1.807, 2.05) is 6.92 Å². The zero-order valence-corrected chi connectivity index (χ0v) is 13.3. The fourth-order valence-electron chi connectivity index (χ4n) is 2.71. The number of rotatable bonds is 3. The average molecular weight is 315 g/mol. The molecule has 0 saturated heterocycles. The second kappa shape index (κ2) is 5.76. The number of sulfonamides is 1. The first-order valence-corrected chi connectivity index (χ1v) is 8.51. The molecule has 0 aromatic carbocycles. The van der Waals surface area contributed by atoms with Crippen LogP contribution in [0.3, 0.4) is 0 Å². The molecule has 2 rings (SSSR count). The van der Waals surface area contributed by atoms with Crippen molar-refractivity contribution in [3.63, 3.8) is 0 Å². The summed E-state index contributed by atoms with van der Waals surface area (Å²) in [4.78, 5) is 23.3. The van der Waals surface area contributed by atoms with Crippen molar-refractivity contribution in [1.29, 1.82) is 0 Å². The van der Waals surface area contributed by atoms with Gasteiger partial charge in [-0.15, -0.1) is 0 Å². The van der Waals surface area contributed by atoms with E-state index in [1.165, 1.54) is 14.1 Å². The van der Waals surface area contributed by atoms with Crippen molar-refractivity contribution in [2.45, 2.75) is 43.5 Å². The highest BCUT2D eigenvalue weighted by Gasteiger charge is 2.29. The van der Waals surface area contributed by atoms with Crippen molar-refractivity contribution < 1.29 is 8.42 Å². The zero-order valence-electron chi connectivity index (χ0n) is 12.5. The van der Waals surface area contributed by atoms with E-state index in [0.29, 0.717) is 0 Å². The molecule has 0 bridgehead atoms. The first-order chi connectivity index (χ1) is 9.74. The van der Waals surface area contributed by atoms with Crippen molar-refractivity contribution in [2.24, 2.45) is 20.0 Å². The third kappa shape index (κ3) is 3.11. The summed E-state index contributed by atoms with van der Waals surface area (Å²) in [6, 6.07) is -0.161. The van der Waals surface area contributed by atoms with E-state index < -0.39 is 21.3 Å². The van der Waals surface area contributed by atoms with Gasteiger partial charge in [0, 0.05) is 26.3 Å². The number of hydrogen-bond donors (Lipinski definition) is 1. The van der Waals surface area contributed by atoms with Crippen LogP contribution in [-0.2, 0) is 24.1 Å². The molecular weight excluding hydrogens is 294 g/mol. The van der Waals surface area contributed by atoms with Gasteiger partial charge in [-0.1, -0.05) is 19.8 Å². The molecule has 1 aromatic rings. The number of hydrogen-bond acceptors (Lipinski definition) is 4. The molecule has 0 radical (unpaired) electrons. The Kier molecular flexibility index (Phi) is 4.38. The maximum atomic E-state index is 12.4. The Morgan fingerprint density at radius 2 is 1.81 bits per heavy atom. The normalized spacial score (nSPS) is 23.2. The molecule has 8 heteroatoms. The van der Waals surface area contributed by atoms with E-state index >= 15 is 0 Å². The molecule has 118 valence electrons. The van der Waals surface area contributed by atoms with E-state index in [-0.39, 0.29) is 16.9 Å². The monoisotopic (exact) mass is 315 g/mol. The summed E-state index contributed by atoms with van der Waals surface area (Å²) < 4.78 is 29.4. The topological polar surface area (TPSA) is 90.2 Å². The Morgan fingerprint density at radius 3 is 2.43 bits per heavy atom. The molecule has 0 amide bonds. The van der Waals surface area contributed by atoms with Gasteiger partial charge in [0.25, 0.3) is 5.56 Å². The predicted molar refractivity (Wildman–Crippen MR) is 78.7 cm³/mol. The van der Waals surface area contributed by atoms with Gasteiger partial charge in [0.2, 0.25) is 10.0 Å². The molecule has 0 aliphatic heterocycles. The van der Waals surface area contributed by atoms with Crippen molar-refractivity contribution in [2.75, 3.05) is 0 Å². The van der Waals surface area contributed by atoms with Crippen LogP contribution >= 0.6 is 0 Å². The summed E-state index contributed by atoms with van der Waals surface area (Å²) in [5.74, 6) is 0.241. The average Bonchev–Trinajstić information content (AvgIpc) is 2.42. The number of aryl methyl sites for hydroxylation is 1. The Labute approximate surface area is 123 Å². The van der Waals surface area contributed by atoms with Gasteiger partial charge < -0.3 is 4.57 Å². The first kappa shape index (κ1) is 16.0. The minimum Gasteiger partial charge on any atom is -0.302 e. The summed E-state index contributed by atoms with van der Waals surface area (Å²) in [5, 5.41) is 0. The lowest BCUT2D eigenvalue weighted by atomic mass is 9.87. The maximum absolute atomic E-state index is 12.4. The SMILES string of the molecule is C[C@@H]1CCCC[C@@H]1NS(=O)(=O)c1cn(C)c(=O)n(C)c1=O. The van der Waals surface area contributed by atoms with Crippen LogP contribution in [0, 0.1) is 5.92 Å². The summed E-state index contributed by atoms with van der Waals surface area (Å²) in [6.45, 7) is 2.01. The van der Waals surface area contributed by atoms with Crippen LogP contribution < -0.4 is 16.0 Å². The van der Waals surface area contributed by atoms with Gasteiger partial charge >= 0.3 is 5.69 Å². The Bertz CT molecular complexity index is 748. The molecule has 0 spiro atoms. The van der Waals surface area contributed by atoms with Crippen molar-refractivity contribution in [3.8, 4) is 0 Å². The molecule has 7 nitrogen and oxygen atoms in total. The molecule has 2 atom stereocenters. The lowest BCUT2D eigenvalue weighted by Crippen LogP contribution is -2.45. The van der Waals surface area contributed by atoms with Crippen LogP contribution in [0.4, 0.5) is 0 Å². The Hall–Kier alpha value is -1.41. The van der Waals surface area contributed by atoms with Crippen LogP contribution in [0.2, 0.25) is 0 Å². The van der Waals surface area contributed by atoms with Gasteiger partial charge in [-0.25, -0.2) is 17.9 Å². The fourth-order valence-corrected chi connectivity index (χ4v) is 4.25. The van der Waals surface area contributed by atoms with Gasteiger partial charge in [0.1, 0.15) is 0 Å². The van der Waals surface area contributed by atoms with Crippen molar-refractivity contribution in [1.82, 2.24) is 13.9 Å². The quantitative estimate of drug-likeness (QED) is 0.846. The molecule has 1 aliphatic carbocycles. The molecule has 1 N–H and O–H groups in total. The minimum atomic E-state index is -3.93. The minimum absolute atomic E-state index is 0.161. The molecule has 21 heavy (non-hydrogen) atoms. The Morgan fingerprint density at radius 1 is 1.19 bits per heavy atom. The lowest BCUT2D eigenvalue weighted by molar-refractivity contribution is 0.310. The van der Waals surface area contributed by atoms with Gasteiger partial charge in [-0.05, 0) is 18.8 Å². The van der Waals surface area contributed by atoms with E-state index in [1.54, 1.807) is 0 Å². The fraction of sp³-hybridized carbons (Fsp3) is 0.692. The van der Waals surface area contributed by atoms with E-state index in [2.05, 4.69) is 4.72 Å². The van der Waals surface area contributed by atoms with Gasteiger partial charge in [0.15, 0.2) is 4.90 Å². The molecular formula is C13H21N3O4S. The summed E-state index contributed by atoms with van der Waals surface area (Å²) >= 11 is 0. The molecule has 1 heterocycles. The van der Waals surface area contributed by atoms with Gasteiger partial charge in [-0.3, -0.25) is 9.36 Å². The van der Waals surface area contributed by atoms with E-state index in [0.717, 1.165) is 41.0 Å². The van der Waals surface area contributed by atoms with Crippen LogP contribution in [0.15, 0.2) is 20.7 Å². The number of nitrogens with one attached hydrogen (secondary N) is 1. The summed E-state index contributed by atoms with van der Waals surface area (Å²) in [6.07, 6.45) is 4.90. The molecule has 1 fully saturated rings. The van der Waals surface area contributed by atoms with Crippen LogP contribution in [0.1, 0.15) is 32.6 Å². The summed E-state index contributed by atoms with van der Waals surface area (Å²) in [5.41, 5.74) is -1.35. The largest absolute Gasteiger partial charge is 0.330 e. The molecule has 1 saturated carbocycles. The number of aromatic nitrogens is 2. The second-order valence-corrected chi connectivity index (χ2v) is 7.42. The second-order valence-electron chi connectivity index (χ2n) is 5.74. The van der Waals surface area contributed by atoms with Gasteiger partial charge in [0.05, 0.1) is 0 Å². The lowest BCUT2D eigenvalue weighted by Gasteiger charge is -2.29. The van der Waals surface area contributed by atoms with E-state index in [9.17, 15) is 18.0 Å². The standard InChI is InChI=1S/C13H21N3O4S/c1-9-6-4-5-7-10(9)14-21(19,20)11-8-15(2)13(18)16(3)12(11)17/h8-10,14H,4-7H2,1-3H3/t9-,10+/m1/s1. The van der Waals surface area contributed by atoms with Crippen molar-refractivity contribution >= 4 is 10.0 Å². The van der Waals surface area contributed by atoms with Crippen LogP contribution in [-0.4, -0.2) is 23.6 Å². The van der Waals surface area contributed by atoms with E-state index in [4.69, 9.17) is 0 Å². The highest BCUT2D eigenvalue weighted by Crippen LogP contribution is 2.24. The third-order valence-corrected chi connectivity index (χ3v) is 5.59. The maximum Gasteiger partial charge on any atom is 0.330 e. The molecule has 0 unspecified atom stereocenters. The first-order valence-electron chi connectivity index (χ1n) is 7.03. The predicted octanol–water partition coefficient (Wildman–Crippen LogP) is -0.0590. The Balaban J connectivity index is 2.41. The third-order valence-electron chi connectivity index (χ3n) is 4.12. The van der Waals surface area contributed by atoms with Crippen LogP contribution in [0.5, 0.6) is 0 Å². The van der Waals surface area contributed by atoms with Crippen LogP contribution in [0.25, 0.3) is 0 Å². The van der Waals surface area contributed by atoms with Crippen molar-refractivity contribution in [3.05, 3.63) is 27.0 Å². The highest BCUT2D eigenvalue weighted by molar-refractivity contribution is 7.89. The highest BCUT2D eigenvalue weighted by atomic mass is 32.2. The van der Waals surface area contributed by atoms with Gasteiger partial charge in [-0.2, -0.15) is 0 Å². The zero-order chi connectivity index (χ0) is 15.8. The summed E-state index contributed by atoms with van der Waals surface area (Å²) in [7, 11) is -1.24.